The van der Waals surface area contributed by atoms with Gasteiger partial charge in [0, 0.05) is 20.3 Å². The van der Waals surface area contributed by atoms with Gasteiger partial charge in [0.2, 0.25) is 0 Å². The highest BCUT2D eigenvalue weighted by Gasteiger charge is 2.28. The number of hydrogen-bond acceptors (Lipinski definition) is 4. The second-order valence-electron chi connectivity index (χ2n) is 4.35. The van der Waals surface area contributed by atoms with Crippen molar-refractivity contribution in [1.29, 1.82) is 0 Å². The summed E-state index contributed by atoms with van der Waals surface area (Å²) in [6.45, 7) is 4.09. The molecule has 4 heteroatoms. The van der Waals surface area contributed by atoms with Crippen LogP contribution in [0.4, 0.5) is 0 Å². The summed E-state index contributed by atoms with van der Waals surface area (Å²) >= 11 is 0. The molecule has 1 fully saturated rings. The van der Waals surface area contributed by atoms with E-state index in [1.165, 1.54) is 12.8 Å². The van der Waals surface area contributed by atoms with Crippen LogP contribution in [0.3, 0.4) is 0 Å². The summed E-state index contributed by atoms with van der Waals surface area (Å²) in [7, 11) is 3.71. The Labute approximate surface area is 98.6 Å². The molecule has 96 valence electrons. The van der Waals surface area contributed by atoms with Crippen LogP contribution in [0.25, 0.3) is 0 Å². The Bertz CT molecular complexity index is 160. The third-order valence-corrected chi connectivity index (χ3v) is 2.90. The maximum atomic E-state index is 5.68. The molecule has 0 aliphatic heterocycles. The van der Waals surface area contributed by atoms with Gasteiger partial charge in [-0.1, -0.05) is 0 Å². The van der Waals surface area contributed by atoms with E-state index in [2.05, 4.69) is 5.32 Å². The van der Waals surface area contributed by atoms with Crippen molar-refractivity contribution in [2.24, 2.45) is 5.92 Å². The summed E-state index contributed by atoms with van der Waals surface area (Å²) in [6.07, 6.45) is 3.83. The van der Waals surface area contributed by atoms with Gasteiger partial charge in [-0.3, -0.25) is 0 Å². The lowest BCUT2D eigenvalue weighted by Gasteiger charge is -2.34. The zero-order valence-corrected chi connectivity index (χ0v) is 10.5. The summed E-state index contributed by atoms with van der Waals surface area (Å²) in [5.41, 5.74) is 0. The zero-order chi connectivity index (χ0) is 11.6. The summed E-state index contributed by atoms with van der Waals surface area (Å²) in [4.78, 5) is 0. The van der Waals surface area contributed by atoms with Crippen LogP contribution in [0, 0.1) is 5.92 Å². The molecule has 0 aromatic heterocycles. The summed E-state index contributed by atoms with van der Waals surface area (Å²) < 4.78 is 16.0. The predicted octanol–water partition coefficient (Wildman–Crippen LogP) is 1.05. The van der Waals surface area contributed by atoms with Crippen molar-refractivity contribution in [2.75, 3.05) is 47.1 Å². The normalized spacial score (nSPS) is 24.4. The Morgan fingerprint density at radius 3 is 2.62 bits per heavy atom. The highest BCUT2D eigenvalue weighted by molar-refractivity contribution is 4.81. The quantitative estimate of drug-likeness (QED) is 0.571. The van der Waals surface area contributed by atoms with E-state index in [0.29, 0.717) is 12.7 Å². The minimum atomic E-state index is 0.473. The van der Waals surface area contributed by atoms with E-state index < -0.39 is 0 Å². The summed E-state index contributed by atoms with van der Waals surface area (Å²) in [6, 6.07) is 0. The number of methoxy groups -OCH3 is 1. The molecule has 1 aliphatic rings. The van der Waals surface area contributed by atoms with Crippen molar-refractivity contribution in [3.63, 3.8) is 0 Å². The largest absolute Gasteiger partial charge is 0.385 e. The molecule has 0 radical (unpaired) electrons. The molecule has 0 unspecified atom stereocenters. The maximum absolute atomic E-state index is 5.68. The monoisotopic (exact) mass is 231 g/mol. The van der Waals surface area contributed by atoms with E-state index >= 15 is 0 Å². The first-order valence-electron chi connectivity index (χ1n) is 6.19. The number of rotatable bonds is 10. The van der Waals surface area contributed by atoms with Gasteiger partial charge in [-0.2, -0.15) is 0 Å². The molecule has 0 heterocycles. The molecule has 0 bridgehead atoms. The average Bonchev–Trinajstić information content (AvgIpc) is 2.24. The van der Waals surface area contributed by atoms with E-state index in [9.17, 15) is 0 Å². The van der Waals surface area contributed by atoms with E-state index in [1.807, 2.05) is 7.05 Å². The summed E-state index contributed by atoms with van der Waals surface area (Å²) in [5.74, 6) is 0.817. The first-order chi connectivity index (χ1) is 7.86. The van der Waals surface area contributed by atoms with E-state index in [0.717, 1.165) is 38.7 Å². The molecular weight excluding hydrogens is 206 g/mol. The lowest BCUT2D eigenvalue weighted by Crippen LogP contribution is -2.37. The number of ether oxygens (including phenoxy) is 3. The maximum Gasteiger partial charge on any atom is 0.0704 e. The Morgan fingerprint density at radius 1 is 1.12 bits per heavy atom. The minimum absolute atomic E-state index is 0.473. The molecule has 16 heavy (non-hydrogen) atoms. The first kappa shape index (κ1) is 13.9. The molecule has 0 aromatic carbocycles. The van der Waals surface area contributed by atoms with Crippen LogP contribution in [-0.2, 0) is 14.2 Å². The van der Waals surface area contributed by atoms with Crippen molar-refractivity contribution in [3.8, 4) is 0 Å². The smallest absolute Gasteiger partial charge is 0.0704 e. The van der Waals surface area contributed by atoms with Crippen LogP contribution in [-0.4, -0.2) is 53.2 Å². The van der Waals surface area contributed by atoms with Crippen LogP contribution >= 0.6 is 0 Å². The molecule has 0 amide bonds. The van der Waals surface area contributed by atoms with Gasteiger partial charge in [0.25, 0.3) is 0 Å². The highest BCUT2D eigenvalue weighted by Crippen LogP contribution is 2.29. The molecule has 0 atom stereocenters. The van der Waals surface area contributed by atoms with E-state index in [4.69, 9.17) is 14.2 Å². The van der Waals surface area contributed by atoms with Crippen LogP contribution in [0.5, 0.6) is 0 Å². The third kappa shape index (κ3) is 5.80. The van der Waals surface area contributed by atoms with Crippen LogP contribution in [0.1, 0.15) is 19.3 Å². The fraction of sp³-hybridized carbons (Fsp3) is 1.00. The highest BCUT2D eigenvalue weighted by atomic mass is 16.5. The molecule has 0 aromatic rings. The van der Waals surface area contributed by atoms with E-state index in [-0.39, 0.29) is 0 Å². The fourth-order valence-corrected chi connectivity index (χ4v) is 1.95. The SMILES string of the molecule is CNCC1CC(OCCOCCCOC)C1. The zero-order valence-electron chi connectivity index (χ0n) is 10.5. The Balaban J connectivity index is 1.76. The van der Waals surface area contributed by atoms with E-state index in [1.54, 1.807) is 7.11 Å². The van der Waals surface area contributed by atoms with Crippen LogP contribution in [0.15, 0.2) is 0 Å². The van der Waals surface area contributed by atoms with Gasteiger partial charge in [-0.25, -0.2) is 0 Å². The molecule has 4 nitrogen and oxygen atoms in total. The van der Waals surface area contributed by atoms with Crippen molar-refractivity contribution >= 4 is 0 Å². The second-order valence-corrected chi connectivity index (χ2v) is 4.35. The molecule has 1 rings (SSSR count). The summed E-state index contributed by atoms with van der Waals surface area (Å²) in [5, 5.41) is 3.19. The van der Waals surface area contributed by atoms with Gasteiger partial charge in [0.1, 0.15) is 0 Å². The lowest BCUT2D eigenvalue weighted by atomic mass is 9.82. The van der Waals surface area contributed by atoms with Gasteiger partial charge in [0.05, 0.1) is 19.3 Å². The van der Waals surface area contributed by atoms with Gasteiger partial charge in [-0.05, 0) is 38.8 Å². The predicted molar refractivity (Wildman–Crippen MR) is 63.7 cm³/mol. The second kappa shape index (κ2) is 8.93. The average molecular weight is 231 g/mol. The first-order valence-corrected chi connectivity index (χ1v) is 6.19. The lowest BCUT2D eigenvalue weighted by molar-refractivity contribution is -0.0528. The van der Waals surface area contributed by atoms with Crippen molar-refractivity contribution in [1.82, 2.24) is 5.32 Å². The van der Waals surface area contributed by atoms with Crippen LogP contribution < -0.4 is 5.32 Å². The molecule has 1 saturated carbocycles. The standard InChI is InChI=1S/C12H25NO3/c1-13-10-11-8-12(9-11)16-7-6-15-5-3-4-14-2/h11-13H,3-10H2,1-2H3. The van der Waals surface area contributed by atoms with Crippen molar-refractivity contribution in [3.05, 3.63) is 0 Å². The number of nitrogens with one attached hydrogen (secondary N) is 1. The Kier molecular flexibility index (Phi) is 7.76. The fourth-order valence-electron chi connectivity index (χ4n) is 1.95. The molecule has 1 N–H and O–H groups in total. The molecule has 1 aliphatic carbocycles. The Hall–Kier alpha value is -0.160. The minimum Gasteiger partial charge on any atom is -0.385 e. The van der Waals surface area contributed by atoms with Gasteiger partial charge in [0.15, 0.2) is 0 Å². The molecule has 0 spiro atoms. The molecular formula is C12H25NO3. The van der Waals surface area contributed by atoms with Crippen molar-refractivity contribution < 1.29 is 14.2 Å². The van der Waals surface area contributed by atoms with Gasteiger partial charge < -0.3 is 19.5 Å². The van der Waals surface area contributed by atoms with Crippen molar-refractivity contribution in [2.45, 2.75) is 25.4 Å². The molecule has 0 saturated heterocycles. The van der Waals surface area contributed by atoms with Crippen LogP contribution in [0.2, 0.25) is 0 Å². The third-order valence-electron chi connectivity index (χ3n) is 2.90. The number of hydrogen-bond donors (Lipinski definition) is 1. The van der Waals surface area contributed by atoms with Gasteiger partial charge in [-0.15, -0.1) is 0 Å². The topological polar surface area (TPSA) is 39.7 Å². The van der Waals surface area contributed by atoms with Gasteiger partial charge >= 0.3 is 0 Å². The Morgan fingerprint density at radius 2 is 1.94 bits per heavy atom.